The van der Waals surface area contributed by atoms with Crippen LogP contribution in [0.2, 0.25) is 0 Å². The second-order valence-corrected chi connectivity index (χ2v) is 5.86. The van der Waals surface area contributed by atoms with E-state index in [4.69, 9.17) is 4.74 Å². The number of nitrogens with zero attached hydrogens (tertiary/aromatic N) is 1. The van der Waals surface area contributed by atoms with Gasteiger partial charge in [-0.1, -0.05) is 32.4 Å². The quantitative estimate of drug-likeness (QED) is 0.822. The molecule has 0 radical (unpaired) electrons. The summed E-state index contributed by atoms with van der Waals surface area (Å²) in [4.78, 5) is 12.0. The molecule has 5 heteroatoms. The van der Waals surface area contributed by atoms with Crippen LogP contribution in [0.25, 0.3) is 0 Å². The molecule has 5 nitrogen and oxygen atoms in total. The molecule has 0 bridgehead atoms. The Hall–Kier alpha value is -2.04. The Morgan fingerprint density at radius 3 is 2.64 bits per heavy atom. The number of ether oxygens (including phenoxy) is 1. The minimum atomic E-state index is -0.150. The smallest absolute Gasteiger partial charge is 0.259 e. The summed E-state index contributed by atoms with van der Waals surface area (Å²) in [5.41, 5.74) is 4.57. The molecule has 1 saturated carbocycles. The Kier molecular flexibility index (Phi) is 5.81. The fraction of sp³-hybridized carbons (Fsp3) is 0.529. The lowest BCUT2D eigenvalue weighted by atomic mass is 9.81. The summed E-state index contributed by atoms with van der Waals surface area (Å²) < 4.78 is 5.24. The molecule has 22 heavy (non-hydrogen) atoms. The van der Waals surface area contributed by atoms with E-state index in [-0.39, 0.29) is 12.5 Å². The van der Waals surface area contributed by atoms with Crippen molar-refractivity contribution in [3.05, 3.63) is 24.3 Å². The summed E-state index contributed by atoms with van der Waals surface area (Å²) in [7, 11) is 1.61. The maximum Gasteiger partial charge on any atom is 0.259 e. The topological polar surface area (TPSA) is 62.7 Å². The van der Waals surface area contributed by atoms with Crippen LogP contribution >= 0.6 is 0 Å². The van der Waals surface area contributed by atoms with Gasteiger partial charge in [-0.05, 0) is 36.8 Å². The molecule has 1 aromatic carbocycles. The van der Waals surface area contributed by atoms with Gasteiger partial charge >= 0.3 is 0 Å². The Balaban J connectivity index is 1.88. The molecule has 0 aromatic heterocycles. The van der Waals surface area contributed by atoms with Gasteiger partial charge in [-0.2, -0.15) is 5.10 Å². The van der Waals surface area contributed by atoms with Crippen LogP contribution in [0, 0.1) is 11.8 Å². The molecule has 0 unspecified atom stereocenters. The zero-order chi connectivity index (χ0) is 15.9. The number of amides is 1. The maximum absolute atomic E-state index is 12.0. The molecule has 2 rings (SSSR count). The summed E-state index contributed by atoms with van der Waals surface area (Å²) in [6, 6.07) is 7.52. The molecule has 1 aliphatic rings. The molecular weight excluding hydrogens is 278 g/mol. The lowest BCUT2D eigenvalue weighted by molar-refractivity contribution is -0.119. The van der Waals surface area contributed by atoms with Crippen molar-refractivity contribution in [3.63, 3.8) is 0 Å². The molecule has 0 heterocycles. The van der Waals surface area contributed by atoms with E-state index in [2.05, 4.69) is 29.7 Å². The van der Waals surface area contributed by atoms with E-state index < -0.39 is 0 Å². The molecule has 120 valence electrons. The van der Waals surface area contributed by atoms with Crippen molar-refractivity contribution in [1.29, 1.82) is 0 Å². The highest BCUT2D eigenvalue weighted by Crippen LogP contribution is 2.26. The summed E-state index contributed by atoms with van der Waals surface area (Å²) in [5, 5.41) is 7.41. The third-order valence-electron chi connectivity index (χ3n) is 4.14. The maximum atomic E-state index is 12.0. The Morgan fingerprint density at radius 1 is 1.27 bits per heavy atom. The first-order valence-electron chi connectivity index (χ1n) is 7.85. The van der Waals surface area contributed by atoms with Gasteiger partial charge in [-0.25, -0.2) is 5.43 Å². The Bertz CT molecular complexity index is 530. The van der Waals surface area contributed by atoms with Crippen LogP contribution in [-0.2, 0) is 4.79 Å². The molecule has 1 aromatic rings. The van der Waals surface area contributed by atoms with E-state index in [0.717, 1.165) is 30.0 Å². The average Bonchev–Trinajstić information content (AvgIpc) is 2.52. The molecule has 1 fully saturated rings. The van der Waals surface area contributed by atoms with Gasteiger partial charge in [-0.3, -0.25) is 4.79 Å². The highest BCUT2D eigenvalue weighted by atomic mass is 16.5. The number of anilines is 1. The van der Waals surface area contributed by atoms with Gasteiger partial charge in [0.2, 0.25) is 0 Å². The average molecular weight is 303 g/mol. The van der Waals surface area contributed by atoms with Crippen molar-refractivity contribution in [3.8, 4) is 5.75 Å². The largest absolute Gasteiger partial charge is 0.495 e. The predicted molar refractivity (Wildman–Crippen MR) is 89.2 cm³/mol. The second-order valence-electron chi connectivity index (χ2n) is 5.86. The van der Waals surface area contributed by atoms with Gasteiger partial charge in [-0.15, -0.1) is 0 Å². The van der Waals surface area contributed by atoms with Crippen LogP contribution in [0.3, 0.4) is 0 Å². The first-order valence-corrected chi connectivity index (χ1v) is 7.85. The lowest BCUT2D eigenvalue weighted by Crippen LogP contribution is -2.31. The van der Waals surface area contributed by atoms with Crippen molar-refractivity contribution < 1.29 is 9.53 Å². The van der Waals surface area contributed by atoms with Gasteiger partial charge in [0.25, 0.3) is 5.91 Å². The minimum absolute atomic E-state index is 0.150. The van der Waals surface area contributed by atoms with Crippen molar-refractivity contribution >= 4 is 17.3 Å². The molecule has 0 aliphatic heterocycles. The van der Waals surface area contributed by atoms with Crippen LogP contribution in [0.4, 0.5) is 5.69 Å². The monoisotopic (exact) mass is 303 g/mol. The molecule has 2 N–H and O–H groups in total. The summed E-state index contributed by atoms with van der Waals surface area (Å²) in [6.45, 7) is 4.52. The predicted octanol–water partition coefficient (Wildman–Crippen LogP) is 3.04. The lowest BCUT2D eigenvalue weighted by Gasteiger charge is -2.26. The third kappa shape index (κ3) is 4.23. The molecule has 1 amide bonds. The van der Waals surface area contributed by atoms with Crippen LogP contribution < -0.4 is 15.5 Å². The number of rotatable bonds is 5. The number of benzene rings is 1. The van der Waals surface area contributed by atoms with Crippen LogP contribution in [0.1, 0.15) is 33.1 Å². The zero-order valence-electron chi connectivity index (χ0n) is 13.6. The van der Waals surface area contributed by atoms with Gasteiger partial charge in [0, 0.05) is 5.71 Å². The van der Waals surface area contributed by atoms with Gasteiger partial charge < -0.3 is 10.1 Å². The van der Waals surface area contributed by atoms with Gasteiger partial charge in [0.15, 0.2) is 0 Å². The SMILES string of the molecule is COc1ccccc1NCC(=O)NN=C1[C@@H](C)CCC[C@@H]1C. The minimum Gasteiger partial charge on any atom is -0.495 e. The van der Waals surface area contributed by atoms with Crippen LogP contribution in [0.15, 0.2) is 29.4 Å². The van der Waals surface area contributed by atoms with E-state index >= 15 is 0 Å². The summed E-state index contributed by atoms with van der Waals surface area (Å²) in [6.07, 6.45) is 3.54. The van der Waals surface area contributed by atoms with Crippen LogP contribution in [-0.4, -0.2) is 25.3 Å². The van der Waals surface area contributed by atoms with Crippen molar-refractivity contribution in [2.75, 3.05) is 19.0 Å². The van der Waals surface area contributed by atoms with E-state index in [1.165, 1.54) is 6.42 Å². The normalized spacial score (nSPS) is 21.1. The van der Waals surface area contributed by atoms with Gasteiger partial charge in [0.1, 0.15) is 5.75 Å². The van der Waals surface area contributed by atoms with E-state index in [9.17, 15) is 4.79 Å². The highest BCUT2D eigenvalue weighted by Gasteiger charge is 2.23. The number of para-hydroxylation sites is 2. The summed E-state index contributed by atoms with van der Waals surface area (Å²) in [5.74, 6) is 1.47. The Labute approximate surface area is 132 Å². The zero-order valence-corrected chi connectivity index (χ0v) is 13.6. The fourth-order valence-electron chi connectivity index (χ4n) is 2.86. The molecule has 1 aliphatic carbocycles. The number of carbonyl (C=O) groups is 1. The molecule has 2 atom stereocenters. The number of carbonyl (C=O) groups excluding carboxylic acids is 1. The number of hydrogen-bond acceptors (Lipinski definition) is 4. The first-order chi connectivity index (χ1) is 10.6. The van der Waals surface area contributed by atoms with E-state index in [0.29, 0.717) is 11.8 Å². The number of hydrogen-bond donors (Lipinski definition) is 2. The second kappa shape index (κ2) is 7.82. The molecular formula is C17H25N3O2. The van der Waals surface area contributed by atoms with E-state index in [1.54, 1.807) is 7.11 Å². The Morgan fingerprint density at radius 2 is 1.95 bits per heavy atom. The fourth-order valence-corrected chi connectivity index (χ4v) is 2.86. The molecule has 0 saturated heterocycles. The number of nitrogens with one attached hydrogen (secondary N) is 2. The number of hydrazone groups is 1. The highest BCUT2D eigenvalue weighted by molar-refractivity contribution is 5.90. The molecule has 0 spiro atoms. The third-order valence-corrected chi connectivity index (χ3v) is 4.14. The number of methoxy groups -OCH3 is 1. The summed E-state index contributed by atoms with van der Waals surface area (Å²) >= 11 is 0. The van der Waals surface area contributed by atoms with Crippen molar-refractivity contribution in [2.45, 2.75) is 33.1 Å². The standard InChI is InChI=1S/C17H25N3O2/c1-12-7-6-8-13(2)17(12)20-19-16(21)11-18-14-9-4-5-10-15(14)22-3/h4-5,9-10,12-13,18H,6-8,11H2,1-3H3,(H,19,21)/t12-,13-/m0/s1. The van der Waals surface area contributed by atoms with Crippen LogP contribution in [0.5, 0.6) is 5.75 Å². The van der Waals surface area contributed by atoms with Gasteiger partial charge in [0.05, 0.1) is 19.3 Å². The van der Waals surface area contributed by atoms with Crippen molar-refractivity contribution in [1.82, 2.24) is 5.43 Å². The van der Waals surface area contributed by atoms with Crippen molar-refractivity contribution in [2.24, 2.45) is 16.9 Å². The first kappa shape index (κ1) is 16.3. The van der Waals surface area contributed by atoms with E-state index in [1.807, 2.05) is 24.3 Å².